The van der Waals surface area contributed by atoms with Crippen molar-refractivity contribution < 1.29 is 22.7 Å². The molecule has 3 rings (SSSR count). The van der Waals surface area contributed by atoms with Gasteiger partial charge < -0.3 is 10.1 Å². The molecule has 0 saturated heterocycles. The lowest BCUT2D eigenvalue weighted by molar-refractivity contribution is -0.137. The Labute approximate surface area is 148 Å². The van der Waals surface area contributed by atoms with Crippen molar-refractivity contribution in [2.45, 2.75) is 6.18 Å². The maximum atomic E-state index is 12.6. The first kappa shape index (κ1) is 17.5. The Morgan fingerprint density at radius 1 is 0.808 bits per heavy atom. The van der Waals surface area contributed by atoms with E-state index in [-0.39, 0.29) is 5.69 Å². The Morgan fingerprint density at radius 2 is 1.46 bits per heavy atom. The number of amides is 1. The number of nitrogens with one attached hydrogen (secondary N) is 1. The number of carbonyl (C=O) groups excluding carboxylic acids is 1. The third kappa shape index (κ3) is 4.42. The van der Waals surface area contributed by atoms with Crippen LogP contribution in [-0.4, -0.2) is 5.91 Å². The maximum Gasteiger partial charge on any atom is 0.416 e. The first-order valence-electron chi connectivity index (χ1n) is 7.73. The van der Waals surface area contributed by atoms with Crippen molar-refractivity contribution in [2.24, 2.45) is 0 Å². The standard InChI is InChI=1S/C20H14F3NO2/c21-20(22,23)15-9-11-16(12-10-15)24-19(25)14-5-4-8-18(13-14)26-17-6-2-1-3-7-17/h1-13H,(H,24,25). The first-order chi connectivity index (χ1) is 12.4. The highest BCUT2D eigenvalue weighted by atomic mass is 19.4. The van der Waals surface area contributed by atoms with Crippen LogP contribution in [0.3, 0.4) is 0 Å². The third-order valence-electron chi connectivity index (χ3n) is 3.55. The summed E-state index contributed by atoms with van der Waals surface area (Å²) in [7, 11) is 0. The molecule has 0 aromatic heterocycles. The summed E-state index contributed by atoms with van der Waals surface area (Å²) in [6.45, 7) is 0. The van der Waals surface area contributed by atoms with Crippen molar-refractivity contribution in [1.82, 2.24) is 0 Å². The Morgan fingerprint density at radius 3 is 2.12 bits per heavy atom. The van der Waals surface area contributed by atoms with Gasteiger partial charge in [-0.25, -0.2) is 0 Å². The van der Waals surface area contributed by atoms with Crippen LogP contribution in [0.1, 0.15) is 15.9 Å². The average molecular weight is 357 g/mol. The van der Waals surface area contributed by atoms with Crippen LogP contribution in [0.25, 0.3) is 0 Å². The normalized spacial score (nSPS) is 11.0. The van der Waals surface area contributed by atoms with Crippen molar-refractivity contribution in [3.63, 3.8) is 0 Å². The topological polar surface area (TPSA) is 38.3 Å². The summed E-state index contributed by atoms with van der Waals surface area (Å²) in [5.74, 6) is 0.673. The van der Waals surface area contributed by atoms with Crippen LogP contribution in [0.15, 0.2) is 78.9 Å². The van der Waals surface area contributed by atoms with Crippen LogP contribution in [0.2, 0.25) is 0 Å². The summed E-state index contributed by atoms with van der Waals surface area (Å²) in [6, 6.07) is 19.9. The number of para-hydroxylation sites is 1. The van der Waals surface area contributed by atoms with Gasteiger partial charge in [0.15, 0.2) is 0 Å². The molecule has 0 radical (unpaired) electrons. The Bertz CT molecular complexity index is 891. The number of hydrogen-bond acceptors (Lipinski definition) is 2. The zero-order valence-electron chi connectivity index (χ0n) is 13.5. The van der Waals surface area contributed by atoms with E-state index in [1.54, 1.807) is 36.4 Å². The molecule has 0 unspecified atom stereocenters. The summed E-state index contributed by atoms with van der Waals surface area (Å²) < 4.78 is 43.4. The number of halogens is 3. The molecule has 3 nitrogen and oxygen atoms in total. The largest absolute Gasteiger partial charge is 0.457 e. The predicted molar refractivity (Wildman–Crippen MR) is 92.4 cm³/mol. The number of benzene rings is 3. The minimum atomic E-state index is -4.41. The molecule has 0 atom stereocenters. The summed E-state index contributed by atoms with van der Waals surface area (Å²) in [5.41, 5.74) is -0.163. The number of ether oxygens (including phenoxy) is 1. The minimum absolute atomic E-state index is 0.275. The molecule has 0 fully saturated rings. The van der Waals surface area contributed by atoms with E-state index in [4.69, 9.17) is 4.74 Å². The van der Waals surface area contributed by atoms with Gasteiger partial charge in [0.1, 0.15) is 11.5 Å². The van der Waals surface area contributed by atoms with Crippen LogP contribution in [0, 0.1) is 0 Å². The van der Waals surface area contributed by atoms with Crippen molar-refractivity contribution in [2.75, 3.05) is 5.32 Å². The van der Waals surface area contributed by atoms with Gasteiger partial charge in [0.25, 0.3) is 5.91 Å². The number of anilines is 1. The lowest BCUT2D eigenvalue weighted by atomic mass is 10.1. The molecular weight excluding hydrogens is 343 g/mol. The highest BCUT2D eigenvalue weighted by Crippen LogP contribution is 2.30. The van der Waals surface area contributed by atoms with Crippen molar-refractivity contribution >= 4 is 11.6 Å². The molecule has 0 spiro atoms. The van der Waals surface area contributed by atoms with E-state index in [1.165, 1.54) is 12.1 Å². The molecule has 3 aromatic carbocycles. The van der Waals surface area contributed by atoms with Crippen LogP contribution in [0.5, 0.6) is 11.5 Å². The fourth-order valence-electron chi connectivity index (χ4n) is 2.27. The monoisotopic (exact) mass is 357 g/mol. The number of hydrogen-bond donors (Lipinski definition) is 1. The van der Waals surface area contributed by atoms with E-state index in [2.05, 4.69) is 5.32 Å². The molecule has 132 valence electrons. The van der Waals surface area contributed by atoms with Gasteiger partial charge in [0, 0.05) is 11.3 Å². The second-order valence-electron chi connectivity index (χ2n) is 5.47. The van der Waals surface area contributed by atoms with Crippen molar-refractivity contribution in [3.8, 4) is 11.5 Å². The molecule has 3 aromatic rings. The van der Waals surface area contributed by atoms with Gasteiger partial charge in [-0.1, -0.05) is 24.3 Å². The Balaban J connectivity index is 1.71. The van der Waals surface area contributed by atoms with Gasteiger partial charge in [-0.2, -0.15) is 13.2 Å². The van der Waals surface area contributed by atoms with E-state index in [1.807, 2.05) is 18.2 Å². The zero-order chi connectivity index (χ0) is 18.6. The second kappa shape index (κ2) is 7.31. The summed E-state index contributed by atoms with van der Waals surface area (Å²) in [5, 5.41) is 2.57. The number of carbonyl (C=O) groups is 1. The molecular formula is C20H14F3NO2. The number of alkyl halides is 3. The fourth-order valence-corrected chi connectivity index (χ4v) is 2.27. The lowest BCUT2D eigenvalue weighted by Crippen LogP contribution is -2.12. The number of rotatable bonds is 4. The van der Waals surface area contributed by atoms with E-state index < -0.39 is 17.6 Å². The van der Waals surface area contributed by atoms with Gasteiger partial charge in [0.05, 0.1) is 5.56 Å². The molecule has 26 heavy (non-hydrogen) atoms. The fraction of sp³-hybridized carbons (Fsp3) is 0.0500. The molecule has 0 saturated carbocycles. The van der Waals surface area contributed by atoms with E-state index in [9.17, 15) is 18.0 Å². The van der Waals surface area contributed by atoms with E-state index >= 15 is 0 Å². The molecule has 1 amide bonds. The summed E-state index contributed by atoms with van der Waals surface area (Å²) in [4.78, 5) is 12.3. The highest BCUT2D eigenvalue weighted by Gasteiger charge is 2.30. The van der Waals surface area contributed by atoms with Crippen molar-refractivity contribution in [1.29, 1.82) is 0 Å². The van der Waals surface area contributed by atoms with Gasteiger partial charge in [-0.15, -0.1) is 0 Å². The SMILES string of the molecule is O=C(Nc1ccc(C(F)(F)F)cc1)c1cccc(Oc2ccccc2)c1. The van der Waals surface area contributed by atoms with E-state index in [0.717, 1.165) is 12.1 Å². The quantitative estimate of drug-likeness (QED) is 0.646. The molecule has 1 N–H and O–H groups in total. The van der Waals surface area contributed by atoms with Crippen LogP contribution in [-0.2, 0) is 6.18 Å². The maximum absolute atomic E-state index is 12.6. The van der Waals surface area contributed by atoms with Crippen LogP contribution in [0.4, 0.5) is 18.9 Å². The Hall–Kier alpha value is -3.28. The van der Waals surface area contributed by atoms with Crippen LogP contribution >= 0.6 is 0 Å². The van der Waals surface area contributed by atoms with Gasteiger partial charge in [-0.05, 0) is 54.6 Å². The minimum Gasteiger partial charge on any atom is -0.457 e. The predicted octanol–water partition coefficient (Wildman–Crippen LogP) is 5.75. The smallest absolute Gasteiger partial charge is 0.416 e. The molecule has 0 bridgehead atoms. The van der Waals surface area contributed by atoms with Crippen LogP contribution < -0.4 is 10.1 Å². The average Bonchev–Trinajstić information content (AvgIpc) is 2.62. The zero-order valence-corrected chi connectivity index (χ0v) is 13.5. The van der Waals surface area contributed by atoms with Gasteiger partial charge >= 0.3 is 6.18 Å². The third-order valence-corrected chi connectivity index (χ3v) is 3.55. The molecule has 6 heteroatoms. The Kier molecular flexibility index (Phi) is 4.93. The van der Waals surface area contributed by atoms with Crippen molar-refractivity contribution in [3.05, 3.63) is 90.0 Å². The first-order valence-corrected chi connectivity index (χ1v) is 7.73. The van der Waals surface area contributed by atoms with Gasteiger partial charge in [0.2, 0.25) is 0 Å². The van der Waals surface area contributed by atoms with E-state index in [0.29, 0.717) is 17.1 Å². The summed E-state index contributed by atoms with van der Waals surface area (Å²) in [6.07, 6.45) is -4.41. The lowest BCUT2D eigenvalue weighted by Gasteiger charge is -2.10. The molecule has 0 heterocycles. The molecule has 0 aliphatic rings. The highest BCUT2D eigenvalue weighted by molar-refractivity contribution is 6.04. The second-order valence-corrected chi connectivity index (χ2v) is 5.47. The van der Waals surface area contributed by atoms with Gasteiger partial charge in [-0.3, -0.25) is 4.79 Å². The molecule has 0 aliphatic carbocycles. The molecule has 0 aliphatic heterocycles. The summed E-state index contributed by atoms with van der Waals surface area (Å²) >= 11 is 0.